The maximum atomic E-state index is 5.13. The van der Waals surface area contributed by atoms with E-state index in [2.05, 4.69) is 56.0 Å². The zero-order chi connectivity index (χ0) is 18.6. The number of fused-ring (bicyclic) bond motifs is 1. The summed E-state index contributed by atoms with van der Waals surface area (Å²) in [6.07, 6.45) is 3.20. The second-order valence-corrected chi connectivity index (χ2v) is 7.41. The van der Waals surface area contributed by atoms with Crippen LogP contribution in [0.25, 0.3) is 0 Å². The predicted molar refractivity (Wildman–Crippen MR) is 105 cm³/mol. The van der Waals surface area contributed by atoms with Gasteiger partial charge in [-0.2, -0.15) is 5.10 Å². The molecule has 1 saturated carbocycles. The quantitative estimate of drug-likeness (QED) is 0.600. The van der Waals surface area contributed by atoms with Crippen LogP contribution >= 0.6 is 0 Å². The average molecular weight is 368 g/mol. The number of hydrogen-bond donors (Lipinski definition) is 2. The van der Waals surface area contributed by atoms with Gasteiger partial charge in [0.05, 0.1) is 6.54 Å². The first-order valence-corrected chi connectivity index (χ1v) is 9.70. The van der Waals surface area contributed by atoms with E-state index in [1.807, 2.05) is 11.7 Å². The second-order valence-electron chi connectivity index (χ2n) is 7.41. The fourth-order valence-electron chi connectivity index (χ4n) is 3.87. The number of methoxy groups -OCH3 is 1. The molecule has 1 aliphatic heterocycles. The number of ether oxygens (including phenoxy) is 1. The Bertz CT molecular complexity index is 787. The molecule has 1 aromatic heterocycles. The lowest BCUT2D eigenvalue weighted by molar-refractivity contribution is 0.177. The van der Waals surface area contributed by atoms with Gasteiger partial charge in [-0.25, -0.2) is 9.67 Å². The summed E-state index contributed by atoms with van der Waals surface area (Å²) in [5, 5.41) is 11.6. The number of guanidine groups is 1. The van der Waals surface area contributed by atoms with Crippen LogP contribution in [0.1, 0.15) is 36.0 Å². The molecular weight excluding hydrogens is 340 g/mol. The molecule has 0 bridgehead atoms. The van der Waals surface area contributed by atoms with E-state index >= 15 is 0 Å². The molecule has 2 heterocycles. The normalized spacial score (nSPS) is 24.4. The highest BCUT2D eigenvalue weighted by Crippen LogP contribution is 2.46. The first kappa shape index (κ1) is 18.0. The summed E-state index contributed by atoms with van der Waals surface area (Å²) in [5.74, 6) is 4.06. The fraction of sp³-hybridized carbons (Fsp3) is 0.550. The lowest BCUT2D eigenvalue weighted by atomic mass is 10.1. The lowest BCUT2D eigenvalue weighted by Gasteiger charge is -2.25. The van der Waals surface area contributed by atoms with E-state index < -0.39 is 0 Å². The van der Waals surface area contributed by atoms with Crippen molar-refractivity contribution in [3.8, 4) is 0 Å². The van der Waals surface area contributed by atoms with Crippen molar-refractivity contribution < 1.29 is 4.74 Å². The topological polar surface area (TPSA) is 76.4 Å². The Hall–Kier alpha value is -2.41. The SMILES string of the molecule is CN=C(NCC1CC1c1ccccc1)NC1CCc2nc(COC)nn2C1. The second kappa shape index (κ2) is 8.08. The van der Waals surface area contributed by atoms with Gasteiger partial charge in [0.1, 0.15) is 12.4 Å². The van der Waals surface area contributed by atoms with E-state index in [4.69, 9.17) is 4.74 Å². The third-order valence-corrected chi connectivity index (χ3v) is 5.42. The van der Waals surface area contributed by atoms with Crippen LogP contribution in [0.5, 0.6) is 0 Å². The molecule has 0 saturated heterocycles. The number of hydrogen-bond acceptors (Lipinski definition) is 4. The minimum absolute atomic E-state index is 0.310. The van der Waals surface area contributed by atoms with Gasteiger partial charge in [0.2, 0.25) is 0 Å². The number of aliphatic imine (C=N–C) groups is 1. The van der Waals surface area contributed by atoms with Crippen LogP contribution in [0.15, 0.2) is 35.3 Å². The number of aryl methyl sites for hydroxylation is 1. The van der Waals surface area contributed by atoms with Gasteiger partial charge in [-0.15, -0.1) is 0 Å². The molecule has 2 aromatic rings. The number of aromatic nitrogens is 3. The van der Waals surface area contributed by atoms with Gasteiger partial charge < -0.3 is 15.4 Å². The van der Waals surface area contributed by atoms with E-state index in [1.165, 1.54) is 12.0 Å². The summed E-state index contributed by atoms with van der Waals surface area (Å²) in [6, 6.07) is 11.1. The van der Waals surface area contributed by atoms with E-state index in [0.717, 1.165) is 43.5 Å². The maximum Gasteiger partial charge on any atom is 0.191 e. The van der Waals surface area contributed by atoms with Crippen molar-refractivity contribution in [2.45, 2.75) is 44.4 Å². The highest BCUT2D eigenvalue weighted by Gasteiger charge is 2.38. The summed E-state index contributed by atoms with van der Waals surface area (Å²) in [4.78, 5) is 8.93. The summed E-state index contributed by atoms with van der Waals surface area (Å²) in [6.45, 7) is 2.23. The highest BCUT2D eigenvalue weighted by molar-refractivity contribution is 5.80. The zero-order valence-corrected chi connectivity index (χ0v) is 16.1. The Morgan fingerprint density at radius 3 is 2.96 bits per heavy atom. The Balaban J connectivity index is 1.26. The number of nitrogens with zero attached hydrogens (tertiary/aromatic N) is 4. The molecule has 0 spiro atoms. The molecule has 1 aliphatic carbocycles. The number of nitrogens with one attached hydrogen (secondary N) is 2. The summed E-state index contributed by atoms with van der Waals surface area (Å²) < 4.78 is 7.13. The molecule has 1 aromatic carbocycles. The van der Waals surface area contributed by atoms with Crippen LogP contribution in [0.4, 0.5) is 0 Å². The fourth-order valence-corrected chi connectivity index (χ4v) is 3.87. The first-order valence-electron chi connectivity index (χ1n) is 9.70. The molecule has 0 radical (unpaired) electrons. The van der Waals surface area contributed by atoms with Gasteiger partial charge in [0, 0.05) is 33.2 Å². The minimum atomic E-state index is 0.310. The largest absolute Gasteiger partial charge is 0.377 e. The van der Waals surface area contributed by atoms with Gasteiger partial charge >= 0.3 is 0 Å². The Labute approximate surface area is 160 Å². The smallest absolute Gasteiger partial charge is 0.191 e. The van der Waals surface area contributed by atoms with Crippen LogP contribution in [0, 0.1) is 5.92 Å². The standard InChI is InChI=1S/C20H28N6O/c1-21-20(22-11-15-10-17(15)14-6-4-3-5-7-14)23-16-8-9-19-24-18(13-27-2)25-26(19)12-16/h3-7,15-17H,8-13H2,1-2H3,(H2,21,22,23). The third kappa shape index (κ3) is 4.30. The maximum absolute atomic E-state index is 5.13. The monoisotopic (exact) mass is 368 g/mol. The zero-order valence-electron chi connectivity index (χ0n) is 16.1. The molecule has 3 atom stereocenters. The van der Waals surface area contributed by atoms with Crippen molar-refractivity contribution in [3.05, 3.63) is 47.5 Å². The van der Waals surface area contributed by atoms with Crippen LogP contribution in [0.2, 0.25) is 0 Å². The molecule has 2 N–H and O–H groups in total. The molecule has 4 rings (SSSR count). The predicted octanol–water partition coefficient (Wildman–Crippen LogP) is 1.71. The summed E-state index contributed by atoms with van der Waals surface area (Å²) >= 11 is 0. The Kier molecular flexibility index (Phi) is 5.38. The van der Waals surface area contributed by atoms with E-state index in [0.29, 0.717) is 24.5 Å². The van der Waals surface area contributed by atoms with Gasteiger partial charge in [-0.05, 0) is 30.2 Å². The van der Waals surface area contributed by atoms with Crippen molar-refractivity contribution in [2.24, 2.45) is 10.9 Å². The van der Waals surface area contributed by atoms with Crippen LogP contribution in [-0.4, -0.2) is 47.5 Å². The van der Waals surface area contributed by atoms with Crippen molar-refractivity contribution in [3.63, 3.8) is 0 Å². The molecule has 27 heavy (non-hydrogen) atoms. The molecule has 7 nitrogen and oxygen atoms in total. The Morgan fingerprint density at radius 1 is 1.33 bits per heavy atom. The molecule has 2 aliphatic rings. The third-order valence-electron chi connectivity index (χ3n) is 5.42. The molecule has 0 amide bonds. The van der Waals surface area contributed by atoms with Crippen LogP contribution in [0.3, 0.4) is 0 Å². The van der Waals surface area contributed by atoms with Crippen molar-refractivity contribution in [1.29, 1.82) is 0 Å². The van der Waals surface area contributed by atoms with Gasteiger partial charge in [-0.1, -0.05) is 30.3 Å². The molecule has 3 unspecified atom stereocenters. The van der Waals surface area contributed by atoms with Crippen molar-refractivity contribution in [1.82, 2.24) is 25.4 Å². The van der Waals surface area contributed by atoms with Crippen LogP contribution < -0.4 is 10.6 Å². The average Bonchev–Trinajstić information content (AvgIpc) is 3.37. The molecule has 7 heteroatoms. The van der Waals surface area contributed by atoms with Gasteiger partial charge in [0.15, 0.2) is 11.8 Å². The van der Waals surface area contributed by atoms with E-state index in [-0.39, 0.29) is 0 Å². The van der Waals surface area contributed by atoms with E-state index in [9.17, 15) is 0 Å². The molecule has 144 valence electrons. The van der Waals surface area contributed by atoms with Crippen LogP contribution in [-0.2, 0) is 24.3 Å². The van der Waals surface area contributed by atoms with Gasteiger partial charge in [-0.3, -0.25) is 4.99 Å². The van der Waals surface area contributed by atoms with Crippen molar-refractivity contribution >= 4 is 5.96 Å². The molecule has 1 fully saturated rings. The van der Waals surface area contributed by atoms with Gasteiger partial charge in [0.25, 0.3) is 0 Å². The lowest BCUT2D eigenvalue weighted by Crippen LogP contribution is -2.47. The van der Waals surface area contributed by atoms with E-state index in [1.54, 1.807) is 7.11 Å². The number of benzene rings is 1. The summed E-state index contributed by atoms with van der Waals surface area (Å²) in [5.41, 5.74) is 1.45. The first-order chi connectivity index (χ1) is 13.3. The summed E-state index contributed by atoms with van der Waals surface area (Å²) in [7, 11) is 3.50. The molecular formula is C20H28N6O. The Morgan fingerprint density at radius 2 is 2.19 bits per heavy atom. The van der Waals surface area contributed by atoms with Crippen molar-refractivity contribution in [2.75, 3.05) is 20.7 Å². The highest BCUT2D eigenvalue weighted by atomic mass is 16.5. The number of rotatable bonds is 6. The minimum Gasteiger partial charge on any atom is -0.377 e.